The summed E-state index contributed by atoms with van der Waals surface area (Å²) in [5, 5.41) is 15.4. The highest BCUT2D eigenvalue weighted by Crippen LogP contribution is 2.19. The highest BCUT2D eigenvalue weighted by atomic mass is 19.1. The molecule has 4 aromatic rings. The molecule has 0 unspecified atom stereocenters. The number of carbonyl (C=O) groups is 1. The molecule has 1 N–H and O–H groups in total. The van der Waals surface area contributed by atoms with E-state index < -0.39 is 0 Å². The largest absolute Gasteiger partial charge is 0.475 e. The summed E-state index contributed by atoms with van der Waals surface area (Å²) >= 11 is 0. The Balaban J connectivity index is 1.35. The Kier molecular flexibility index (Phi) is 5.65. The molecule has 0 saturated carbocycles. The molecule has 0 atom stereocenters. The topological polar surface area (TPSA) is 81.4 Å². The van der Waals surface area contributed by atoms with Crippen LogP contribution in [0.2, 0.25) is 0 Å². The van der Waals surface area contributed by atoms with Crippen molar-refractivity contribution >= 4 is 11.6 Å². The minimum Gasteiger partial charge on any atom is -0.475 e. The van der Waals surface area contributed by atoms with E-state index in [4.69, 9.17) is 4.74 Å². The van der Waals surface area contributed by atoms with Gasteiger partial charge in [0.15, 0.2) is 11.5 Å². The van der Waals surface area contributed by atoms with Gasteiger partial charge in [0.1, 0.15) is 12.4 Å². The lowest BCUT2D eigenvalue weighted by atomic mass is 10.1. The molecule has 7 nitrogen and oxygen atoms in total. The Morgan fingerprint density at radius 2 is 1.87 bits per heavy atom. The van der Waals surface area contributed by atoms with Crippen molar-refractivity contribution in [3.63, 3.8) is 0 Å². The van der Waals surface area contributed by atoms with E-state index in [0.717, 1.165) is 11.1 Å². The zero-order valence-corrected chi connectivity index (χ0v) is 16.4. The number of halogens is 1. The first-order valence-electron chi connectivity index (χ1n) is 9.52. The first-order valence-corrected chi connectivity index (χ1v) is 9.52. The van der Waals surface area contributed by atoms with Crippen LogP contribution in [0.25, 0.3) is 17.0 Å². The molecular weight excluding hydrogens is 385 g/mol. The van der Waals surface area contributed by atoms with Gasteiger partial charge in [0.05, 0.1) is 13.0 Å². The zero-order chi connectivity index (χ0) is 20.9. The number of nitrogens with zero attached hydrogens (tertiary/aromatic N) is 4. The average Bonchev–Trinajstić information content (AvgIpc) is 3.17. The van der Waals surface area contributed by atoms with E-state index in [-0.39, 0.29) is 18.3 Å². The third-order valence-electron chi connectivity index (χ3n) is 4.63. The monoisotopic (exact) mass is 405 g/mol. The van der Waals surface area contributed by atoms with Gasteiger partial charge in [0.2, 0.25) is 11.8 Å². The van der Waals surface area contributed by atoms with Crippen LogP contribution in [0.5, 0.6) is 5.88 Å². The molecule has 1 amide bonds. The van der Waals surface area contributed by atoms with Crippen LogP contribution in [0.4, 0.5) is 4.39 Å². The van der Waals surface area contributed by atoms with Crippen molar-refractivity contribution < 1.29 is 13.9 Å². The van der Waals surface area contributed by atoms with E-state index in [1.54, 1.807) is 28.8 Å². The van der Waals surface area contributed by atoms with Gasteiger partial charge in [-0.05, 0) is 48.4 Å². The summed E-state index contributed by atoms with van der Waals surface area (Å²) in [6, 6.07) is 17.2. The van der Waals surface area contributed by atoms with Crippen LogP contribution in [-0.2, 0) is 11.2 Å². The molecule has 4 rings (SSSR count). The van der Waals surface area contributed by atoms with Crippen molar-refractivity contribution in [1.29, 1.82) is 0 Å². The van der Waals surface area contributed by atoms with Crippen molar-refractivity contribution in [3.05, 3.63) is 77.6 Å². The molecule has 2 aromatic heterocycles. The van der Waals surface area contributed by atoms with Crippen molar-refractivity contribution in [2.45, 2.75) is 13.3 Å². The van der Waals surface area contributed by atoms with Gasteiger partial charge in [-0.1, -0.05) is 24.3 Å². The Morgan fingerprint density at radius 1 is 1.07 bits per heavy atom. The summed E-state index contributed by atoms with van der Waals surface area (Å²) in [6.07, 6.45) is 0.332. The van der Waals surface area contributed by atoms with Gasteiger partial charge < -0.3 is 10.1 Å². The summed E-state index contributed by atoms with van der Waals surface area (Å²) in [6.45, 7) is 2.61. The van der Waals surface area contributed by atoms with Gasteiger partial charge in [-0.3, -0.25) is 4.79 Å². The third-order valence-corrected chi connectivity index (χ3v) is 4.63. The van der Waals surface area contributed by atoms with E-state index in [0.29, 0.717) is 35.9 Å². The molecule has 0 aliphatic carbocycles. The van der Waals surface area contributed by atoms with Crippen LogP contribution in [-0.4, -0.2) is 38.9 Å². The molecule has 0 aliphatic rings. The molecule has 152 valence electrons. The lowest BCUT2D eigenvalue weighted by Gasteiger charge is -2.09. The Morgan fingerprint density at radius 3 is 2.67 bits per heavy atom. The van der Waals surface area contributed by atoms with Gasteiger partial charge in [0, 0.05) is 11.6 Å². The van der Waals surface area contributed by atoms with Gasteiger partial charge in [0.25, 0.3) is 0 Å². The number of aromatic nitrogens is 4. The lowest BCUT2D eigenvalue weighted by Crippen LogP contribution is -2.29. The van der Waals surface area contributed by atoms with Gasteiger partial charge in [-0.25, -0.2) is 4.39 Å². The molecule has 0 fully saturated rings. The second-order valence-electron chi connectivity index (χ2n) is 6.77. The molecule has 0 radical (unpaired) electrons. The van der Waals surface area contributed by atoms with Crippen LogP contribution in [0, 0.1) is 12.7 Å². The van der Waals surface area contributed by atoms with Crippen molar-refractivity contribution in [2.24, 2.45) is 0 Å². The maximum absolute atomic E-state index is 13.2. The molecule has 0 bridgehead atoms. The molecule has 8 heteroatoms. The van der Waals surface area contributed by atoms with E-state index in [1.807, 2.05) is 31.2 Å². The van der Waals surface area contributed by atoms with Crippen LogP contribution in [0.1, 0.15) is 11.1 Å². The molecule has 0 spiro atoms. The fourth-order valence-electron chi connectivity index (χ4n) is 3.02. The number of rotatable bonds is 7. The second kappa shape index (κ2) is 8.69. The summed E-state index contributed by atoms with van der Waals surface area (Å²) in [4.78, 5) is 12.1. The number of aryl methyl sites for hydroxylation is 1. The van der Waals surface area contributed by atoms with Crippen LogP contribution in [0.15, 0.2) is 60.7 Å². The molecule has 2 aromatic carbocycles. The quantitative estimate of drug-likeness (QED) is 0.478. The minimum atomic E-state index is -0.325. The number of ether oxygens (including phenoxy) is 1. The first kappa shape index (κ1) is 19.5. The summed E-state index contributed by atoms with van der Waals surface area (Å²) in [5.74, 6) is 0.475. The average molecular weight is 405 g/mol. The van der Waals surface area contributed by atoms with Gasteiger partial charge in [-0.15, -0.1) is 15.3 Å². The number of carbonyl (C=O) groups excluding carboxylic acids is 1. The molecule has 2 heterocycles. The number of hydrogen-bond acceptors (Lipinski definition) is 5. The lowest BCUT2D eigenvalue weighted by molar-refractivity contribution is -0.120. The van der Waals surface area contributed by atoms with E-state index in [2.05, 4.69) is 20.6 Å². The predicted octanol–water partition coefficient (Wildman–Crippen LogP) is 2.98. The SMILES string of the molecule is Cc1ccccc1CC(=O)NCCOc1ccc2nnc(-c3ccc(F)cc3)n2n1. The molecule has 0 saturated heterocycles. The Hall–Kier alpha value is -3.81. The number of amides is 1. The summed E-state index contributed by atoms with van der Waals surface area (Å²) in [7, 11) is 0. The van der Waals surface area contributed by atoms with Crippen molar-refractivity contribution in [3.8, 4) is 17.3 Å². The normalized spacial score (nSPS) is 10.9. The fraction of sp³-hybridized carbons (Fsp3) is 0.182. The standard InChI is InChI=1S/C22H20FN5O2/c1-15-4-2-3-5-17(15)14-20(29)24-12-13-30-21-11-10-19-25-26-22(28(19)27-21)16-6-8-18(23)9-7-16/h2-11H,12-14H2,1H3,(H,24,29). The highest BCUT2D eigenvalue weighted by molar-refractivity contribution is 5.78. The minimum absolute atomic E-state index is 0.0614. The molecule has 0 aliphatic heterocycles. The third kappa shape index (κ3) is 4.43. The maximum atomic E-state index is 13.2. The fourth-order valence-corrected chi connectivity index (χ4v) is 3.02. The predicted molar refractivity (Wildman–Crippen MR) is 110 cm³/mol. The van der Waals surface area contributed by atoms with E-state index >= 15 is 0 Å². The summed E-state index contributed by atoms with van der Waals surface area (Å²) < 4.78 is 20.4. The number of nitrogens with one attached hydrogen (secondary N) is 1. The summed E-state index contributed by atoms with van der Waals surface area (Å²) in [5.41, 5.74) is 3.33. The van der Waals surface area contributed by atoms with Crippen LogP contribution < -0.4 is 10.1 Å². The maximum Gasteiger partial charge on any atom is 0.231 e. The van der Waals surface area contributed by atoms with Crippen molar-refractivity contribution in [2.75, 3.05) is 13.2 Å². The Labute approximate surface area is 172 Å². The van der Waals surface area contributed by atoms with Crippen molar-refractivity contribution in [1.82, 2.24) is 25.1 Å². The van der Waals surface area contributed by atoms with Gasteiger partial charge in [-0.2, -0.15) is 4.52 Å². The van der Waals surface area contributed by atoms with E-state index in [9.17, 15) is 9.18 Å². The number of benzene rings is 2. The number of hydrogen-bond donors (Lipinski definition) is 1. The van der Waals surface area contributed by atoms with Gasteiger partial charge >= 0.3 is 0 Å². The zero-order valence-electron chi connectivity index (χ0n) is 16.4. The highest BCUT2D eigenvalue weighted by Gasteiger charge is 2.11. The molecular formula is C22H20FN5O2. The van der Waals surface area contributed by atoms with E-state index in [1.165, 1.54) is 12.1 Å². The van der Waals surface area contributed by atoms with Crippen LogP contribution in [0.3, 0.4) is 0 Å². The smallest absolute Gasteiger partial charge is 0.231 e. The molecule has 30 heavy (non-hydrogen) atoms. The first-order chi connectivity index (χ1) is 14.6. The Bertz CT molecular complexity index is 1170. The number of fused-ring (bicyclic) bond motifs is 1. The second-order valence-corrected chi connectivity index (χ2v) is 6.77. The van der Waals surface area contributed by atoms with Crippen LogP contribution >= 0.6 is 0 Å².